The van der Waals surface area contributed by atoms with E-state index in [0.717, 1.165) is 33.5 Å². The summed E-state index contributed by atoms with van der Waals surface area (Å²) in [5.41, 5.74) is 4.09. The Hall–Kier alpha value is -3.69. The van der Waals surface area contributed by atoms with Gasteiger partial charge in [0.25, 0.3) is 0 Å². The molecule has 4 aromatic rings. The fourth-order valence-corrected chi connectivity index (χ4v) is 6.09. The number of imidazole rings is 1. The number of nitrogens with zero attached hydrogens (tertiary/aromatic N) is 5. The number of alkyl halides is 2. The first kappa shape index (κ1) is 28.4. The van der Waals surface area contributed by atoms with E-state index in [-0.39, 0.29) is 11.7 Å². The molecule has 0 radical (unpaired) electrons. The standard InChI is InChI=1S/C30H32F2N5O4P/c1-3-39-27(38)30(2)9-11-36(12-10-30)29-33-15-18(16-34-29)20-17-37-24(14-23(20)42)35-21-8-13-40-26(25(21)37)19-6-4-5-7-22(19)41-28(31)32/h4-7,14-17,26,28H,3,8-13,42H2,1-2H3/t26-/m1/s1. The molecule has 0 N–H and O–H groups in total. The Kier molecular flexibility index (Phi) is 7.81. The second kappa shape index (κ2) is 11.5. The number of hydrogen-bond acceptors (Lipinski definition) is 8. The number of carbonyl (C=O) groups excluding carboxylic acids is 1. The Bertz CT molecular complexity index is 1610. The van der Waals surface area contributed by atoms with Crippen LogP contribution in [0.25, 0.3) is 16.8 Å². The molecule has 2 aliphatic rings. The first-order valence-electron chi connectivity index (χ1n) is 14.0. The Morgan fingerprint density at radius 1 is 1.21 bits per heavy atom. The van der Waals surface area contributed by atoms with Crippen molar-refractivity contribution < 1.29 is 27.8 Å². The lowest BCUT2D eigenvalue weighted by Gasteiger charge is -2.37. The average molecular weight is 596 g/mol. The van der Waals surface area contributed by atoms with Crippen LogP contribution in [0.1, 0.15) is 49.7 Å². The second-order valence-corrected chi connectivity index (χ2v) is 11.4. The van der Waals surface area contributed by atoms with Crippen LogP contribution in [-0.2, 0) is 20.7 Å². The number of pyridine rings is 1. The number of anilines is 1. The average Bonchev–Trinajstić information content (AvgIpc) is 3.35. The molecular formula is C30H32F2N5O4P. The van der Waals surface area contributed by atoms with E-state index in [4.69, 9.17) is 19.2 Å². The molecule has 12 heteroatoms. The van der Waals surface area contributed by atoms with Crippen LogP contribution < -0.4 is 14.9 Å². The van der Waals surface area contributed by atoms with E-state index in [2.05, 4.69) is 24.1 Å². The maximum atomic E-state index is 13.2. The van der Waals surface area contributed by atoms with Gasteiger partial charge in [0.2, 0.25) is 5.95 Å². The van der Waals surface area contributed by atoms with Gasteiger partial charge >= 0.3 is 12.6 Å². The first-order chi connectivity index (χ1) is 20.3. The first-order valence-corrected chi connectivity index (χ1v) is 14.6. The molecule has 2 aliphatic heterocycles. The molecule has 0 spiro atoms. The highest BCUT2D eigenvalue weighted by atomic mass is 31.0. The van der Waals surface area contributed by atoms with E-state index < -0.39 is 18.1 Å². The fraction of sp³-hybridized carbons (Fsp3) is 0.400. The summed E-state index contributed by atoms with van der Waals surface area (Å²) in [5.74, 6) is 0.538. The van der Waals surface area contributed by atoms with Gasteiger partial charge in [-0.05, 0) is 44.1 Å². The molecular weight excluding hydrogens is 563 g/mol. The van der Waals surface area contributed by atoms with E-state index in [1.165, 1.54) is 6.07 Å². The van der Waals surface area contributed by atoms with Crippen molar-refractivity contribution in [3.05, 3.63) is 65.9 Å². The van der Waals surface area contributed by atoms with Crippen LogP contribution in [0.5, 0.6) is 5.75 Å². The lowest BCUT2D eigenvalue weighted by molar-refractivity contribution is -0.155. The number of benzene rings is 1. The molecule has 2 atom stereocenters. The van der Waals surface area contributed by atoms with Crippen molar-refractivity contribution >= 4 is 32.1 Å². The number of carbonyl (C=O) groups is 1. The second-order valence-electron chi connectivity index (χ2n) is 10.8. The number of hydrogen-bond donors (Lipinski definition) is 0. The highest BCUT2D eigenvalue weighted by molar-refractivity contribution is 7.28. The Morgan fingerprint density at radius 3 is 2.67 bits per heavy atom. The highest BCUT2D eigenvalue weighted by Crippen LogP contribution is 2.39. The maximum absolute atomic E-state index is 13.2. The molecule has 42 heavy (non-hydrogen) atoms. The Balaban J connectivity index is 1.29. The van der Waals surface area contributed by atoms with Crippen molar-refractivity contribution in [3.8, 4) is 16.9 Å². The predicted molar refractivity (Wildman–Crippen MR) is 156 cm³/mol. The third-order valence-electron chi connectivity index (χ3n) is 8.06. The zero-order valence-corrected chi connectivity index (χ0v) is 24.6. The summed E-state index contributed by atoms with van der Waals surface area (Å²) in [7, 11) is 2.75. The third-order valence-corrected chi connectivity index (χ3v) is 8.54. The summed E-state index contributed by atoms with van der Waals surface area (Å²) in [6.45, 7) is 2.94. The number of aromatic nitrogens is 4. The summed E-state index contributed by atoms with van der Waals surface area (Å²) >= 11 is 0. The van der Waals surface area contributed by atoms with Gasteiger partial charge in [0, 0.05) is 54.8 Å². The zero-order valence-electron chi connectivity index (χ0n) is 23.4. The number of halogens is 2. The van der Waals surface area contributed by atoms with Crippen molar-refractivity contribution in [3.63, 3.8) is 0 Å². The summed E-state index contributed by atoms with van der Waals surface area (Å²) in [6, 6.07) is 8.66. The number of fused-ring (bicyclic) bond motifs is 3. The number of ether oxygens (including phenoxy) is 3. The zero-order chi connectivity index (χ0) is 29.4. The molecule has 9 nitrogen and oxygen atoms in total. The van der Waals surface area contributed by atoms with Crippen LogP contribution in [0, 0.1) is 5.41 Å². The van der Waals surface area contributed by atoms with Crippen molar-refractivity contribution in [2.24, 2.45) is 5.41 Å². The molecule has 0 bridgehead atoms. The molecule has 220 valence electrons. The summed E-state index contributed by atoms with van der Waals surface area (Å²) < 4.78 is 44.5. The van der Waals surface area contributed by atoms with Crippen LogP contribution in [0.2, 0.25) is 0 Å². The number of para-hydroxylation sites is 1. The molecule has 1 saturated heterocycles. The van der Waals surface area contributed by atoms with E-state index in [1.54, 1.807) is 30.6 Å². The lowest BCUT2D eigenvalue weighted by Crippen LogP contribution is -2.44. The number of rotatable bonds is 7. The number of piperidine rings is 1. The van der Waals surface area contributed by atoms with E-state index in [0.29, 0.717) is 57.1 Å². The van der Waals surface area contributed by atoms with Gasteiger partial charge < -0.3 is 23.5 Å². The number of esters is 1. The van der Waals surface area contributed by atoms with Crippen LogP contribution in [-0.4, -0.2) is 58.2 Å². The SMILES string of the molecule is CCOC(=O)C1(C)CCN(c2ncc(-c3cn4c5c(nc4cc3P)CCO[C@@H]5c3ccccc3OC(F)F)cn2)CC1. The monoisotopic (exact) mass is 595 g/mol. The van der Waals surface area contributed by atoms with Gasteiger partial charge in [-0.15, -0.1) is 9.24 Å². The van der Waals surface area contributed by atoms with E-state index in [9.17, 15) is 13.6 Å². The summed E-state index contributed by atoms with van der Waals surface area (Å²) in [6.07, 6.45) is 6.87. The minimum Gasteiger partial charge on any atom is -0.466 e. The van der Waals surface area contributed by atoms with Crippen LogP contribution in [0.4, 0.5) is 14.7 Å². The molecule has 6 rings (SSSR count). The lowest BCUT2D eigenvalue weighted by atomic mass is 9.80. The molecule has 1 aromatic carbocycles. The van der Waals surface area contributed by atoms with Gasteiger partial charge in [0.05, 0.1) is 30.0 Å². The molecule has 0 saturated carbocycles. The minimum atomic E-state index is -2.95. The van der Waals surface area contributed by atoms with Crippen molar-refractivity contribution in [2.75, 3.05) is 31.2 Å². The normalized spacial score (nSPS) is 18.2. The largest absolute Gasteiger partial charge is 0.466 e. The van der Waals surface area contributed by atoms with E-state index >= 15 is 0 Å². The van der Waals surface area contributed by atoms with Crippen LogP contribution in [0.15, 0.2) is 48.9 Å². The Labute approximate surface area is 244 Å². The van der Waals surface area contributed by atoms with Gasteiger partial charge in [0.15, 0.2) is 0 Å². The van der Waals surface area contributed by atoms with Gasteiger partial charge in [-0.3, -0.25) is 4.79 Å². The molecule has 1 fully saturated rings. The summed E-state index contributed by atoms with van der Waals surface area (Å²) in [4.78, 5) is 28.6. The van der Waals surface area contributed by atoms with Crippen molar-refractivity contribution in [1.29, 1.82) is 0 Å². The molecule has 3 aromatic heterocycles. The fourth-order valence-electron chi connectivity index (χ4n) is 5.70. The van der Waals surface area contributed by atoms with Crippen molar-refractivity contribution in [1.82, 2.24) is 19.4 Å². The van der Waals surface area contributed by atoms with Gasteiger partial charge in [0.1, 0.15) is 17.5 Å². The predicted octanol–water partition coefficient (Wildman–Crippen LogP) is 4.72. The van der Waals surface area contributed by atoms with Gasteiger partial charge in [-0.1, -0.05) is 18.2 Å². The van der Waals surface area contributed by atoms with Crippen LogP contribution in [0.3, 0.4) is 0 Å². The molecule has 0 aliphatic carbocycles. The van der Waals surface area contributed by atoms with E-state index in [1.807, 2.05) is 30.5 Å². The quantitative estimate of drug-likeness (QED) is 0.224. The minimum absolute atomic E-state index is 0.0764. The maximum Gasteiger partial charge on any atom is 0.387 e. The smallest absolute Gasteiger partial charge is 0.387 e. The molecule has 0 amide bonds. The topological polar surface area (TPSA) is 91.1 Å². The third kappa shape index (κ3) is 5.31. The Morgan fingerprint density at radius 2 is 1.95 bits per heavy atom. The summed E-state index contributed by atoms with van der Waals surface area (Å²) in [5, 5.41) is 0.920. The van der Waals surface area contributed by atoms with Crippen LogP contribution >= 0.6 is 9.24 Å². The molecule has 5 heterocycles. The van der Waals surface area contributed by atoms with Crippen molar-refractivity contribution in [2.45, 2.75) is 45.8 Å². The van der Waals surface area contributed by atoms with Gasteiger partial charge in [-0.25, -0.2) is 15.0 Å². The van der Waals surface area contributed by atoms with Gasteiger partial charge in [-0.2, -0.15) is 8.78 Å². The molecule has 1 unspecified atom stereocenters. The highest BCUT2D eigenvalue weighted by Gasteiger charge is 2.39.